The van der Waals surface area contributed by atoms with E-state index < -0.39 is 46.4 Å². The highest BCUT2D eigenvalue weighted by Gasteiger charge is 2.54. The fraction of sp³-hybridized carbons (Fsp3) is 1.00. The molecule has 0 aliphatic heterocycles. The van der Waals surface area contributed by atoms with Crippen LogP contribution in [0.25, 0.3) is 0 Å². The van der Waals surface area contributed by atoms with Crippen LogP contribution >= 0.6 is 0 Å². The molecule has 12 heteroatoms. The van der Waals surface area contributed by atoms with Crippen LogP contribution in [0.5, 0.6) is 0 Å². The van der Waals surface area contributed by atoms with E-state index in [1.165, 1.54) is 73.1 Å². The standard InChI is InChI=1S/C11H21F3.C10H22.C9H20.2C8H15F3.C8H18.C7H13F3.C7H16.C6H14/c1-7(2)9(8(3)4)10(5,6)11(12,13)14;1-7-10(6,8-2)9(3,4)5;1-6-8(7-2)9(3,4)5;1-5-7(4,6(2)3)8(9,10)11;1-4-6-7(3,5-2)8(9,10)11;1-6-7(2)8(3,4)5;1-4-6(3,5-2)7(8,9)10;1-6(2)7(3,4)5;1-5-6(2,3)4/h7-9H,1-6H3;7-8H2,1-6H3;8H,6-7H2,1-5H3;6H,5H2,1-4H3;4-6H2,1-3H3;7H,6H2,1-5H3;4-5H2,1-3H3;6H,1-5H3;5H2,1-4H3. The third-order valence-corrected chi connectivity index (χ3v) is 20.6. The largest absolute Gasteiger partial charge is 0.394 e. The summed E-state index contributed by atoms with van der Waals surface area (Å²) in [4.78, 5) is 0. The zero-order valence-electron chi connectivity index (χ0n) is 65.1. The third-order valence-electron chi connectivity index (χ3n) is 20.6. The topological polar surface area (TPSA) is 0 Å². The van der Waals surface area contributed by atoms with E-state index in [0.29, 0.717) is 38.9 Å². The Morgan fingerprint density at radius 1 is 0.291 bits per heavy atom. The van der Waals surface area contributed by atoms with Gasteiger partial charge in [-0.1, -0.05) is 329 Å². The van der Waals surface area contributed by atoms with Crippen LogP contribution in [0.3, 0.4) is 0 Å². The van der Waals surface area contributed by atoms with Gasteiger partial charge in [0, 0.05) is 0 Å². The van der Waals surface area contributed by atoms with Gasteiger partial charge in [0.2, 0.25) is 0 Å². The zero-order chi connectivity index (χ0) is 72.5. The van der Waals surface area contributed by atoms with Crippen molar-refractivity contribution in [3.05, 3.63) is 0 Å². The summed E-state index contributed by atoms with van der Waals surface area (Å²) in [6, 6.07) is 0. The molecule has 0 spiro atoms. The molecule has 0 N–H and O–H groups in total. The number of rotatable bonds is 15. The normalized spacial score (nSPS) is 15.0. The highest BCUT2D eigenvalue weighted by atomic mass is 19.4. The van der Waals surface area contributed by atoms with E-state index in [9.17, 15) is 52.7 Å². The molecule has 0 radical (unpaired) electrons. The highest BCUT2D eigenvalue weighted by Crippen LogP contribution is 2.50. The maximum Gasteiger partial charge on any atom is 0.394 e. The van der Waals surface area contributed by atoms with Crippen LogP contribution in [-0.2, 0) is 0 Å². The third kappa shape index (κ3) is 43.8. The first-order chi connectivity index (χ1) is 37.4. The van der Waals surface area contributed by atoms with E-state index in [2.05, 4.69) is 173 Å². The van der Waals surface area contributed by atoms with Gasteiger partial charge in [0.05, 0.1) is 21.7 Å². The maximum absolute atomic E-state index is 12.8. The van der Waals surface area contributed by atoms with Gasteiger partial charge in [0.25, 0.3) is 0 Å². The van der Waals surface area contributed by atoms with Gasteiger partial charge in [-0.2, -0.15) is 52.7 Å². The predicted octanol–water partition coefficient (Wildman–Crippen LogP) is 30.8. The van der Waals surface area contributed by atoms with Crippen molar-refractivity contribution in [1.82, 2.24) is 0 Å². The van der Waals surface area contributed by atoms with Crippen molar-refractivity contribution in [2.24, 2.45) is 95.6 Å². The molecule has 86 heavy (non-hydrogen) atoms. The SMILES string of the molecule is CC(C)C(C(C)C)C(C)(C)C(F)(F)F.CC(C)C(C)(C)C.CCC(C)(C(C)C)C(F)(F)F.CCC(C)(C)C.CCC(C)(CC)C(C)(C)C.CCC(C)(CC)C(F)(F)F.CCC(C)C(C)(C)C.CCC(CC)C(C)(C)C.CCCC(C)(CC)C(F)(F)F. The lowest BCUT2D eigenvalue weighted by atomic mass is 9.65. The summed E-state index contributed by atoms with van der Waals surface area (Å²) in [5.74, 6) is 1.96. The Kier molecular flexibility index (Phi) is 52.2. The molecule has 3 unspecified atom stereocenters. The zero-order valence-corrected chi connectivity index (χ0v) is 65.1. The molecule has 534 valence electrons. The Hall–Kier alpha value is -0.840. The van der Waals surface area contributed by atoms with Crippen LogP contribution in [0.1, 0.15) is 361 Å². The molecule has 0 saturated carbocycles. The van der Waals surface area contributed by atoms with Gasteiger partial charge in [-0.05, 0) is 106 Å². The van der Waals surface area contributed by atoms with Crippen LogP contribution in [0, 0.1) is 95.6 Å². The minimum atomic E-state index is -4.12. The van der Waals surface area contributed by atoms with Crippen molar-refractivity contribution in [3.63, 3.8) is 0 Å². The number of alkyl halides is 12. The van der Waals surface area contributed by atoms with Gasteiger partial charge in [-0.3, -0.25) is 0 Å². The smallest absolute Gasteiger partial charge is 0.171 e. The Balaban J connectivity index is -0.000000112. The predicted molar refractivity (Wildman–Crippen MR) is 361 cm³/mol. The van der Waals surface area contributed by atoms with Crippen LogP contribution in [-0.4, -0.2) is 24.7 Å². The van der Waals surface area contributed by atoms with Gasteiger partial charge in [0.1, 0.15) is 0 Å². The molecule has 0 aromatic rings. The molecule has 0 fully saturated rings. The van der Waals surface area contributed by atoms with E-state index in [-0.39, 0.29) is 55.8 Å². The fourth-order valence-corrected chi connectivity index (χ4v) is 8.72. The molecule has 0 amide bonds. The Morgan fingerprint density at radius 3 is 0.593 bits per heavy atom. The van der Waals surface area contributed by atoms with Crippen LogP contribution in [0.2, 0.25) is 0 Å². The molecule has 3 atom stereocenters. The molecule has 0 rings (SSSR count). The number of halogens is 12. The lowest BCUT2D eigenvalue weighted by Crippen LogP contribution is -2.43. The second-order valence-corrected chi connectivity index (χ2v) is 33.1. The molecule has 0 aliphatic rings. The number of hydrogen-bond acceptors (Lipinski definition) is 0. The van der Waals surface area contributed by atoms with Gasteiger partial charge >= 0.3 is 24.7 Å². The van der Waals surface area contributed by atoms with Gasteiger partial charge in [0.15, 0.2) is 0 Å². The Labute approximate surface area is 531 Å². The summed E-state index contributed by atoms with van der Waals surface area (Å²) in [7, 11) is 0. The monoisotopic (exact) mass is 1270 g/mol. The molecular formula is C74H154F12. The van der Waals surface area contributed by atoms with E-state index in [0.717, 1.165) is 17.8 Å². The molecule has 0 aliphatic carbocycles. The summed E-state index contributed by atoms with van der Waals surface area (Å²) < 4.78 is 149. The minimum absolute atomic E-state index is 0.0478. The van der Waals surface area contributed by atoms with E-state index in [1.54, 1.807) is 48.5 Å². The second kappa shape index (κ2) is 43.1. The van der Waals surface area contributed by atoms with Crippen molar-refractivity contribution in [3.8, 4) is 0 Å². The summed E-state index contributed by atoms with van der Waals surface area (Å²) >= 11 is 0. The second-order valence-electron chi connectivity index (χ2n) is 33.1. The molecule has 0 aromatic carbocycles. The summed E-state index contributed by atoms with van der Waals surface area (Å²) in [6.07, 6.45) is -7.05. The van der Waals surface area contributed by atoms with E-state index >= 15 is 0 Å². The Bertz CT molecular complexity index is 1510. The molecular weight excluding hydrogens is 1120 g/mol. The van der Waals surface area contributed by atoms with E-state index in [4.69, 9.17) is 0 Å². The fourth-order valence-electron chi connectivity index (χ4n) is 8.72. The number of hydrogen-bond donors (Lipinski definition) is 0. The van der Waals surface area contributed by atoms with E-state index in [1.807, 2.05) is 27.7 Å². The summed E-state index contributed by atoms with van der Waals surface area (Å²) in [5, 5.41) is 0. The average molecular weight is 1270 g/mol. The van der Waals surface area contributed by atoms with Crippen LogP contribution < -0.4 is 0 Å². The first-order valence-corrected chi connectivity index (χ1v) is 33.7. The maximum atomic E-state index is 12.8. The minimum Gasteiger partial charge on any atom is -0.171 e. The average Bonchev–Trinajstić information content (AvgIpc) is 3.31. The summed E-state index contributed by atoms with van der Waals surface area (Å²) in [5.41, 5.74) is -3.03. The molecule has 0 aromatic heterocycles. The molecule has 0 saturated heterocycles. The molecule has 0 nitrogen and oxygen atoms in total. The first kappa shape index (κ1) is 104. The van der Waals surface area contributed by atoms with Crippen molar-refractivity contribution < 1.29 is 52.7 Å². The van der Waals surface area contributed by atoms with Crippen LogP contribution in [0.4, 0.5) is 52.7 Å². The van der Waals surface area contributed by atoms with Crippen molar-refractivity contribution in [1.29, 1.82) is 0 Å². The van der Waals surface area contributed by atoms with Crippen molar-refractivity contribution in [2.45, 2.75) is 386 Å². The highest BCUT2D eigenvalue weighted by molar-refractivity contribution is 4.89. The van der Waals surface area contributed by atoms with Gasteiger partial charge in [-0.25, -0.2) is 0 Å². The lowest BCUT2D eigenvalue weighted by Gasteiger charge is -2.41. The van der Waals surface area contributed by atoms with Gasteiger partial charge in [-0.15, -0.1) is 0 Å². The molecule has 0 heterocycles. The van der Waals surface area contributed by atoms with Crippen molar-refractivity contribution in [2.75, 3.05) is 0 Å². The Morgan fingerprint density at radius 2 is 0.570 bits per heavy atom. The lowest BCUT2D eigenvalue weighted by molar-refractivity contribution is -0.239. The molecule has 0 bridgehead atoms. The quantitative estimate of drug-likeness (QED) is 0.143. The first-order valence-electron chi connectivity index (χ1n) is 33.7. The summed E-state index contributed by atoms with van der Waals surface area (Å²) in [6.45, 7) is 82.3. The van der Waals surface area contributed by atoms with Gasteiger partial charge < -0.3 is 0 Å². The van der Waals surface area contributed by atoms with Crippen molar-refractivity contribution >= 4 is 0 Å². The van der Waals surface area contributed by atoms with Crippen LogP contribution in [0.15, 0.2) is 0 Å².